The van der Waals surface area contributed by atoms with Crippen molar-refractivity contribution < 1.29 is 9.53 Å². The van der Waals surface area contributed by atoms with Crippen LogP contribution in [0.2, 0.25) is 0 Å². The number of amides is 1. The number of pyridine rings is 1. The number of nitrogens with one attached hydrogen (secondary N) is 1. The van der Waals surface area contributed by atoms with Gasteiger partial charge in [-0.3, -0.25) is 9.78 Å². The fraction of sp³-hybridized carbons (Fsp3) is 0.500. The van der Waals surface area contributed by atoms with E-state index in [1.807, 2.05) is 24.0 Å². The molecule has 0 saturated carbocycles. The molecule has 2 aromatic rings. The van der Waals surface area contributed by atoms with Gasteiger partial charge in [0.2, 0.25) is 5.91 Å². The zero-order chi connectivity index (χ0) is 19.2. The quantitative estimate of drug-likeness (QED) is 0.808. The van der Waals surface area contributed by atoms with Gasteiger partial charge in [0.15, 0.2) is 5.82 Å². The lowest BCUT2D eigenvalue weighted by atomic mass is 10.0. The fourth-order valence-electron chi connectivity index (χ4n) is 3.24. The average Bonchev–Trinajstić information content (AvgIpc) is 2.70. The molecule has 0 radical (unpaired) electrons. The van der Waals surface area contributed by atoms with Crippen molar-refractivity contribution in [2.24, 2.45) is 0 Å². The third-order valence-corrected chi connectivity index (χ3v) is 4.80. The molecule has 1 amide bonds. The summed E-state index contributed by atoms with van der Waals surface area (Å²) in [5.41, 5.74) is 2.91. The second-order valence-electron chi connectivity index (χ2n) is 6.61. The fourth-order valence-corrected chi connectivity index (χ4v) is 3.24. The van der Waals surface area contributed by atoms with Crippen LogP contribution in [0.5, 0.6) is 0 Å². The van der Waals surface area contributed by atoms with Gasteiger partial charge in [-0.05, 0) is 31.9 Å². The molecule has 1 aliphatic heterocycles. The Morgan fingerprint density at radius 3 is 2.74 bits per heavy atom. The average molecular weight is 369 g/mol. The van der Waals surface area contributed by atoms with Crippen molar-refractivity contribution in [3.05, 3.63) is 35.8 Å². The maximum Gasteiger partial charge on any atom is 0.219 e. The molecule has 1 N–H and O–H groups in total. The van der Waals surface area contributed by atoms with E-state index in [4.69, 9.17) is 14.7 Å². The second kappa shape index (κ2) is 8.90. The Morgan fingerprint density at radius 1 is 1.30 bits per heavy atom. The highest BCUT2D eigenvalue weighted by Gasteiger charge is 2.24. The first kappa shape index (κ1) is 19.2. The van der Waals surface area contributed by atoms with Crippen LogP contribution in [0.25, 0.3) is 11.4 Å². The highest BCUT2D eigenvalue weighted by molar-refractivity contribution is 5.74. The number of hydrogen-bond acceptors (Lipinski definition) is 6. The number of nitrogens with zero attached hydrogens (tertiary/aromatic N) is 4. The van der Waals surface area contributed by atoms with Crippen LogP contribution in [-0.2, 0) is 22.5 Å². The molecule has 0 fully saturated rings. The van der Waals surface area contributed by atoms with Crippen LogP contribution in [0, 0.1) is 0 Å². The second-order valence-corrected chi connectivity index (χ2v) is 6.61. The minimum atomic E-state index is 0.0709. The number of fused-ring (bicyclic) bond motifs is 1. The first-order chi connectivity index (χ1) is 13.1. The Kier molecular flexibility index (Phi) is 6.34. The van der Waals surface area contributed by atoms with E-state index in [0.29, 0.717) is 32.1 Å². The number of rotatable bonds is 7. The van der Waals surface area contributed by atoms with E-state index in [-0.39, 0.29) is 12.0 Å². The summed E-state index contributed by atoms with van der Waals surface area (Å²) in [6.45, 7) is 8.32. The van der Waals surface area contributed by atoms with E-state index in [9.17, 15) is 4.79 Å². The number of ether oxygens (including phenoxy) is 1. The van der Waals surface area contributed by atoms with Crippen LogP contribution < -0.4 is 5.32 Å². The highest BCUT2D eigenvalue weighted by Crippen LogP contribution is 2.27. The van der Waals surface area contributed by atoms with Gasteiger partial charge in [0.05, 0.1) is 18.3 Å². The molecule has 1 unspecified atom stereocenters. The lowest BCUT2D eigenvalue weighted by Gasteiger charge is -2.29. The van der Waals surface area contributed by atoms with E-state index >= 15 is 0 Å². The van der Waals surface area contributed by atoms with Crippen molar-refractivity contribution in [2.75, 3.05) is 25.0 Å². The summed E-state index contributed by atoms with van der Waals surface area (Å²) in [4.78, 5) is 27.2. The van der Waals surface area contributed by atoms with Gasteiger partial charge in [-0.1, -0.05) is 6.92 Å². The van der Waals surface area contributed by atoms with Gasteiger partial charge < -0.3 is 15.0 Å². The largest absolute Gasteiger partial charge is 0.377 e. The van der Waals surface area contributed by atoms with Gasteiger partial charge in [0.25, 0.3) is 0 Å². The third kappa shape index (κ3) is 4.60. The molecule has 3 heterocycles. The number of carbonyl (C=O) groups is 1. The lowest BCUT2D eigenvalue weighted by Crippen LogP contribution is -2.35. The number of aromatic nitrogens is 3. The summed E-state index contributed by atoms with van der Waals surface area (Å²) >= 11 is 0. The zero-order valence-corrected chi connectivity index (χ0v) is 16.2. The highest BCUT2D eigenvalue weighted by atomic mass is 16.5. The van der Waals surface area contributed by atoms with E-state index in [0.717, 1.165) is 35.5 Å². The molecule has 3 rings (SSSR count). The molecule has 2 aromatic heterocycles. The van der Waals surface area contributed by atoms with Crippen LogP contribution in [0.4, 0.5) is 5.82 Å². The van der Waals surface area contributed by atoms with Crippen molar-refractivity contribution in [1.29, 1.82) is 0 Å². The summed E-state index contributed by atoms with van der Waals surface area (Å²) in [5, 5.41) is 3.47. The molecule has 0 bridgehead atoms. The first-order valence-corrected chi connectivity index (χ1v) is 9.53. The molecular weight excluding hydrogens is 342 g/mol. The minimum Gasteiger partial charge on any atom is -0.377 e. The van der Waals surface area contributed by atoms with Crippen LogP contribution >= 0.6 is 0 Å². The SMILES string of the molecule is CCOC(CC)CNc1nc(-c2ccncc2)nc2c1CCN(C(C)=O)C2. The van der Waals surface area contributed by atoms with E-state index in [1.165, 1.54) is 0 Å². The predicted molar refractivity (Wildman–Crippen MR) is 104 cm³/mol. The Bertz CT molecular complexity index is 781. The van der Waals surface area contributed by atoms with E-state index in [2.05, 4.69) is 17.2 Å². The van der Waals surface area contributed by atoms with Crippen molar-refractivity contribution in [2.45, 2.75) is 46.3 Å². The molecule has 144 valence electrons. The van der Waals surface area contributed by atoms with Gasteiger partial charge in [-0.25, -0.2) is 9.97 Å². The normalized spacial score (nSPS) is 14.6. The molecule has 1 atom stereocenters. The molecule has 0 spiro atoms. The van der Waals surface area contributed by atoms with Gasteiger partial charge >= 0.3 is 0 Å². The Hall–Kier alpha value is -2.54. The summed E-state index contributed by atoms with van der Waals surface area (Å²) < 4.78 is 5.75. The summed E-state index contributed by atoms with van der Waals surface area (Å²) in [6, 6.07) is 3.79. The maximum atomic E-state index is 11.8. The standard InChI is InChI=1S/C20H27N5O2/c1-4-16(27-5-2)12-22-20-17-8-11-25(14(3)26)13-18(17)23-19(24-20)15-6-9-21-10-7-15/h6-7,9-10,16H,4-5,8,11-13H2,1-3H3,(H,22,23,24). The van der Waals surface area contributed by atoms with Crippen LogP contribution in [0.3, 0.4) is 0 Å². The molecule has 0 saturated heterocycles. The van der Waals surface area contributed by atoms with E-state index in [1.54, 1.807) is 19.3 Å². The Labute approximate surface area is 160 Å². The summed E-state index contributed by atoms with van der Waals surface area (Å²) in [6.07, 6.45) is 5.29. The van der Waals surface area contributed by atoms with Crippen molar-refractivity contribution >= 4 is 11.7 Å². The van der Waals surface area contributed by atoms with Crippen molar-refractivity contribution in [3.63, 3.8) is 0 Å². The lowest BCUT2D eigenvalue weighted by molar-refractivity contribution is -0.129. The molecular formula is C20H27N5O2. The summed E-state index contributed by atoms with van der Waals surface area (Å²) in [7, 11) is 0. The van der Waals surface area contributed by atoms with Gasteiger partial charge in [0, 0.05) is 50.1 Å². The number of anilines is 1. The van der Waals surface area contributed by atoms with Gasteiger partial charge in [-0.2, -0.15) is 0 Å². The number of carbonyl (C=O) groups excluding carboxylic acids is 1. The molecule has 27 heavy (non-hydrogen) atoms. The van der Waals surface area contributed by atoms with E-state index < -0.39 is 0 Å². The smallest absolute Gasteiger partial charge is 0.219 e. The Balaban J connectivity index is 1.93. The summed E-state index contributed by atoms with van der Waals surface area (Å²) in [5.74, 6) is 1.56. The molecule has 0 aromatic carbocycles. The zero-order valence-electron chi connectivity index (χ0n) is 16.2. The predicted octanol–water partition coefficient (Wildman–Crippen LogP) is 2.67. The maximum absolute atomic E-state index is 11.8. The monoisotopic (exact) mass is 369 g/mol. The molecule has 7 heteroatoms. The van der Waals surface area contributed by atoms with Gasteiger partial charge in [0.1, 0.15) is 5.82 Å². The third-order valence-electron chi connectivity index (χ3n) is 4.80. The van der Waals surface area contributed by atoms with Crippen molar-refractivity contribution in [3.8, 4) is 11.4 Å². The van der Waals surface area contributed by atoms with Crippen LogP contribution in [0.15, 0.2) is 24.5 Å². The topological polar surface area (TPSA) is 80.2 Å². The first-order valence-electron chi connectivity index (χ1n) is 9.53. The number of hydrogen-bond donors (Lipinski definition) is 1. The molecule has 1 aliphatic rings. The van der Waals surface area contributed by atoms with Crippen LogP contribution in [0.1, 0.15) is 38.4 Å². The minimum absolute atomic E-state index is 0.0709. The van der Waals surface area contributed by atoms with Crippen molar-refractivity contribution in [1.82, 2.24) is 19.9 Å². The van der Waals surface area contributed by atoms with Gasteiger partial charge in [-0.15, -0.1) is 0 Å². The van der Waals surface area contributed by atoms with Crippen LogP contribution in [-0.4, -0.2) is 51.6 Å². The molecule has 7 nitrogen and oxygen atoms in total. The molecule has 0 aliphatic carbocycles. The Morgan fingerprint density at radius 2 is 2.07 bits per heavy atom.